The van der Waals surface area contributed by atoms with Crippen LogP contribution in [-0.2, 0) is 17.6 Å². The highest BCUT2D eigenvalue weighted by molar-refractivity contribution is 6.01. The van der Waals surface area contributed by atoms with Crippen molar-refractivity contribution in [2.75, 3.05) is 11.5 Å². The van der Waals surface area contributed by atoms with Crippen molar-refractivity contribution in [1.29, 1.82) is 0 Å². The second-order valence-electron chi connectivity index (χ2n) is 7.55. The van der Waals surface area contributed by atoms with Crippen molar-refractivity contribution in [3.8, 4) is 0 Å². The summed E-state index contributed by atoms with van der Waals surface area (Å²) in [5.74, 6) is 0.211. The van der Waals surface area contributed by atoms with E-state index in [4.69, 9.17) is 0 Å². The van der Waals surface area contributed by atoms with Crippen molar-refractivity contribution in [3.05, 3.63) is 29.5 Å². The quantitative estimate of drug-likeness (QED) is 0.790. The Hall–Kier alpha value is -2.01. The number of benzene rings is 1. The van der Waals surface area contributed by atoms with Crippen molar-refractivity contribution in [1.82, 2.24) is 10.3 Å². The molecule has 24 heavy (non-hydrogen) atoms. The Morgan fingerprint density at radius 1 is 1.29 bits per heavy atom. The number of hydrogen-bond acceptors (Lipinski definition) is 3. The molecule has 2 aliphatic rings. The first kappa shape index (κ1) is 15.5. The summed E-state index contributed by atoms with van der Waals surface area (Å²) < 4.78 is 0. The summed E-state index contributed by atoms with van der Waals surface area (Å²) in [4.78, 5) is 18.7. The number of nitrogens with one attached hydrogen (secondary N) is 2. The zero-order valence-corrected chi connectivity index (χ0v) is 14.5. The molecule has 0 saturated heterocycles. The monoisotopic (exact) mass is 327 g/mol. The van der Waals surface area contributed by atoms with Crippen molar-refractivity contribution >= 4 is 22.5 Å². The Balaban J connectivity index is 1.99. The smallest absolute Gasteiger partial charge is 0.243 e. The van der Waals surface area contributed by atoms with Gasteiger partial charge in [-0.05, 0) is 42.9 Å². The molecule has 2 aliphatic heterocycles. The highest BCUT2D eigenvalue weighted by Crippen LogP contribution is 2.43. The van der Waals surface area contributed by atoms with Crippen LogP contribution < -0.4 is 10.2 Å². The van der Waals surface area contributed by atoms with Gasteiger partial charge in [0.25, 0.3) is 0 Å². The van der Waals surface area contributed by atoms with E-state index in [0.717, 1.165) is 11.9 Å². The first-order chi connectivity index (χ1) is 11.5. The van der Waals surface area contributed by atoms with Gasteiger partial charge in [0.1, 0.15) is 6.04 Å². The molecule has 0 spiro atoms. The second-order valence-corrected chi connectivity index (χ2v) is 7.55. The van der Waals surface area contributed by atoms with Crippen molar-refractivity contribution in [2.24, 2.45) is 5.92 Å². The van der Waals surface area contributed by atoms with Gasteiger partial charge in [-0.2, -0.15) is 0 Å². The summed E-state index contributed by atoms with van der Waals surface area (Å²) >= 11 is 0. The van der Waals surface area contributed by atoms with Gasteiger partial charge in [-0.15, -0.1) is 0 Å². The molecule has 1 amide bonds. The molecule has 2 aromatic rings. The Morgan fingerprint density at radius 3 is 2.79 bits per heavy atom. The molecule has 0 aliphatic carbocycles. The SMILES string of the molecule is CC(C)[C@@H]1C(=O)N[C@H](CO)Cc2c[nH]c3ccc4c(c23)N1[C@@H](C)C4. The van der Waals surface area contributed by atoms with Crippen LogP contribution in [0.25, 0.3) is 10.9 Å². The Kier molecular flexibility index (Phi) is 3.57. The van der Waals surface area contributed by atoms with Crippen LogP contribution in [-0.4, -0.2) is 40.7 Å². The maximum absolute atomic E-state index is 13.0. The van der Waals surface area contributed by atoms with Crippen LogP contribution in [0.5, 0.6) is 0 Å². The molecule has 1 aromatic heterocycles. The summed E-state index contributed by atoms with van der Waals surface area (Å²) in [7, 11) is 0. The predicted molar refractivity (Wildman–Crippen MR) is 95.3 cm³/mol. The summed E-state index contributed by atoms with van der Waals surface area (Å²) in [6.07, 6.45) is 3.64. The van der Waals surface area contributed by atoms with Gasteiger partial charge in [0.15, 0.2) is 0 Å². The molecular formula is C19H25N3O2. The predicted octanol–water partition coefficient (Wildman–Crippen LogP) is 1.98. The van der Waals surface area contributed by atoms with E-state index in [-0.39, 0.29) is 36.6 Å². The highest BCUT2D eigenvalue weighted by atomic mass is 16.3. The van der Waals surface area contributed by atoms with E-state index >= 15 is 0 Å². The number of anilines is 1. The highest BCUT2D eigenvalue weighted by Gasteiger charge is 2.40. The molecule has 0 fully saturated rings. The van der Waals surface area contributed by atoms with E-state index in [9.17, 15) is 9.90 Å². The zero-order valence-electron chi connectivity index (χ0n) is 14.5. The number of amides is 1. The van der Waals surface area contributed by atoms with Crippen LogP contribution in [0.4, 0.5) is 5.69 Å². The lowest BCUT2D eigenvalue weighted by molar-refractivity contribution is -0.124. The van der Waals surface area contributed by atoms with Gasteiger partial charge in [-0.25, -0.2) is 0 Å². The minimum Gasteiger partial charge on any atom is -0.394 e. The van der Waals surface area contributed by atoms with Crippen molar-refractivity contribution in [2.45, 2.75) is 51.7 Å². The molecular weight excluding hydrogens is 302 g/mol. The lowest BCUT2D eigenvalue weighted by Crippen LogP contribution is -2.54. The van der Waals surface area contributed by atoms with Gasteiger partial charge < -0.3 is 20.3 Å². The third-order valence-corrected chi connectivity index (χ3v) is 5.47. The fourth-order valence-electron chi connectivity index (χ4n) is 4.45. The molecule has 1 aromatic carbocycles. The third-order valence-electron chi connectivity index (χ3n) is 5.47. The molecule has 3 atom stereocenters. The van der Waals surface area contributed by atoms with E-state index in [1.807, 2.05) is 6.20 Å². The number of nitrogens with zero attached hydrogens (tertiary/aromatic N) is 1. The largest absolute Gasteiger partial charge is 0.394 e. The summed E-state index contributed by atoms with van der Waals surface area (Å²) in [6, 6.07) is 4.15. The normalized spacial score (nSPS) is 26.5. The number of aromatic amines is 1. The number of aliphatic hydroxyl groups is 1. The number of carbonyl (C=O) groups is 1. The average molecular weight is 327 g/mol. The zero-order chi connectivity index (χ0) is 17.0. The molecule has 3 heterocycles. The molecule has 0 unspecified atom stereocenters. The third kappa shape index (κ3) is 2.14. The van der Waals surface area contributed by atoms with Gasteiger partial charge in [-0.1, -0.05) is 19.9 Å². The van der Waals surface area contributed by atoms with Gasteiger partial charge in [-0.3, -0.25) is 4.79 Å². The van der Waals surface area contributed by atoms with E-state index in [1.54, 1.807) is 0 Å². The fraction of sp³-hybridized carbons (Fsp3) is 0.526. The summed E-state index contributed by atoms with van der Waals surface area (Å²) in [5, 5.41) is 14.0. The molecule has 128 valence electrons. The summed E-state index contributed by atoms with van der Waals surface area (Å²) in [5.41, 5.74) is 4.81. The van der Waals surface area contributed by atoms with Crippen molar-refractivity contribution < 1.29 is 9.90 Å². The first-order valence-corrected chi connectivity index (χ1v) is 8.82. The van der Waals surface area contributed by atoms with E-state index in [1.165, 1.54) is 22.2 Å². The number of aromatic nitrogens is 1. The molecule has 0 bridgehead atoms. The van der Waals surface area contributed by atoms with Gasteiger partial charge in [0, 0.05) is 23.1 Å². The Labute approximate surface area is 142 Å². The average Bonchev–Trinajstić information content (AvgIpc) is 3.08. The lowest BCUT2D eigenvalue weighted by Gasteiger charge is -2.36. The minimum absolute atomic E-state index is 0.0230. The Bertz CT molecular complexity index is 795. The van der Waals surface area contributed by atoms with E-state index in [0.29, 0.717) is 6.42 Å². The first-order valence-electron chi connectivity index (χ1n) is 8.82. The van der Waals surface area contributed by atoms with Crippen LogP contribution in [0.2, 0.25) is 0 Å². The van der Waals surface area contributed by atoms with Crippen LogP contribution in [0.3, 0.4) is 0 Å². The molecule has 5 heteroatoms. The van der Waals surface area contributed by atoms with E-state index in [2.05, 4.69) is 48.1 Å². The minimum atomic E-state index is -0.246. The number of rotatable bonds is 2. The van der Waals surface area contributed by atoms with Gasteiger partial charge in [0.05, 0.1) is 18.3 Å². The topological polar surface area (TPSA) is 68.4 Å². The van der Waals surface area contributed by atoms with Crippen LogP contribution in [0.1, 0.15) is 31.9 Å². The van der Waals surface area contributed by atoms with Gasteiger partial charge >= 0.3 is 0 Å². The fourth-order valence-corrected chi connectivity index (χ4v) is 4.45. The van der Waals surface area contributed by atoms with Crippen LogP contribution >= 0.6 is 0 Å². The maximum atomic E-state index is 13.0. The Morgan fingerprint density at radius 2 is 2.08 bits per heavy atom. The lowest BCUT2D eigenvalue weighted by atomic mass is 9.99. The van der Waals surface area contributed by atoms with Crippen molar-refractivity contribution in [3.63, 3.8) is 0 Å². The van der Waals surface area contributed by atoms with Crippen LogP contribution in [0, 0.1) is 5.92 Å². The number of H-pyrrole nitrogens is 1. The number of hydrogen-bond donors (Lipinski definition) is 3. The number of aliphatic hydroxyl groups excluding tert-OH is 1. The molecule has 0 saturated carbocycles. The molecule has 0 radical (unpaired) electrons. The molecule has 5 nitrogen and oxygen atoms in total. The molecule has 3 N–H and O–H groups in total. The summed E-state index contributed by atoms with van der Waals surface area (Å²) in [6.45, 7) is 6.34. The van der Waals surface area contributed by atoms with E-state index < -0.39 is 0 Å². The van der Waals surface area contributed by atoms with Gasteiger partial charge in [0.2, 0.25) is 5.91 Å². The van der Waals surface area contributed by atoms with Crippen LogP contribution in [0.15, 0.2) is 18.3 Å². The molecule has 4 rings (SSSR count). The second kappa shape index (κ2) is 5.52. The number of carbonyl (C=O) groups excluding carboxylic acids is 1. The standard InChI is InChI=1S/C19H25N3O2/c1-10(2)17-19(24)21-14(9-23)7-13-8-20-15-5-4-12-6-11(3)22(17)18(12)16(13)15/h4-5,8,10-11,14,17,20,23H,6-7,9H2,1-3H3,(H,21,24)/t11-,14-,17+/m0/s1. The maximum Gasteiger partial charge on any atom is 0.243 e.